The zero-order chi connectivity index (χ0) is 21.9. The fourth-order valence-electron chi connectivity index (χ4n) is 6.15. The molecule has 6 aliphatic rings. The smallest absolute Gasteiger partial charge is 0.244 e. The molecule has 32 heavy (non-hydrogen) atoms. The lowest BCUT2D eigenvalue weighted by atomic mass is 9.84. The van der Waals surface area contributed by atoms with Gasteiger partial charge in [-0.1, -0.05) is 18.2 Å². The van der Waals surface area contributed by atoms with Gasteiger partial charge in [0.15, 0.2) is 0 Å². The van der Waals surface area contributed by atoms with Gasteiger partial charge in [0.1, 0.15) is 0 Å². The third-order valence-electron chi connectivity index (χ3n) is 8.45. The maximum absolute atomic E-state index is 13.3. The number of nitrogens with one attached hydrogen (secondary N) is 1. The summed E-state index contributed by atoms with van der Waals surface area (Å²) in [5.74, 6) is 2.84. The van der Waals surface area contributed by atoms with Crippen LogP contribution < -0.4 is 11.1 Å². The van der Waals surface area contributed by atoms with Crippen LogP contribution in [0, 0.1) is 23.7 Å². The van der Waals surface area contributed by atoms with Gasteiger partial charge in [0, 0.05) is 44.4 Å². The van der Waals surface area contributed by atoms with Gasteiger partial charge in [0.25, 0.3) is 0 Å². The van der Waals surface area contributed by atoms with E-state index < -0.39 is 0 Å². The molecule has 3 aliphatic carbocycles. The number of carbonyl (C=O) groups excluding carboxylic acids is 2. The molecule has 0 bridgehead atoms. The zero-order valence-corrected chi connectivity index (χ0v) is 18.8. The molecule has 0 aromatic rings. The Morgan fingerprint density at radius 3 is 2.78 bits per heavy atom. The SMILES string of the molecule is NC1=NCCC(C2=CCC(C3NC4(CC4)C(=O)N3C[C@@H]3CCN(C(=O)C4CC4)C3)C=C2)C1. The molecule has 1 spiro atoms. The lowest BCUT2D eigenvalue weighted by Gasteiger charge is -2.33. The van der Waals surface area contributed by atoms with E-state index in [1.165, 1.54) is 5.57 Å². The van der Waals surface area contributed by atoms with Gasteiger partial charge in [-0.3, -0.25) is 19.9 Å². The average molecular weight is 438 g/mol. The number of rotatable bonds is 5. The number of likely N-dealkylation sites (tertiary alicyclic amines) is 1. The molecule has 2 saturated carbocycles. The van der Waals surface area contributed by atoms with Crippen molar-refractivity contribution in [3.05, 3.63) is 23.8 Å². The van der Waals surface area contributed by atoms with Gasteiger partial charge in [-0.2, -0.15) is 0 Å². The summed E-state index contributed by atoms with van der Waals surface area (Å²) in [6.45, 7) is 3.26. The normalized spacial score (nSPS) is 35.9. The second-order valence-corrected chi connectivity index (χ2v) is 10.9. The highest BCUT2D eigenvalue weighted by molar-refractivity contribution is 5.92. The summed E-state index contributed by atoms with van der Waals surface area (Å²) in [7, 11) is 0. The van der Waals surface area contributed by atoms with Gasteiger partial charge in [-0.05, 0) is 62.4 Å². The third-order valence-corrected chi connectivity index (χ3v) is 8.45. The van der Waals surface area contributed by atoms with Crippen molar-refractivity contribution in [2.75, 3.05) is 26.2 Å². The topological polar surface area (TPSA) is 91.0 Å². The largest absolute Gasteiger partial charge is 0.387 e. The summed E-state index contributed by atoms with van der Waals surface area (Å²) in [4.78, 5) is 34.3. The van der Waals surface area contributed by atoms with Gasteiger partial charge in [-0.15, -0.1) is 0 Å². The van der Waals surface area contributed by atoms with E-state index in [0.717, 1.165) is 83.4 Å². The molecule has 0 aromatic heterocycles. The summed E-state index contributed by atoms with van der Waals surface area (Å²) < 4.78 is 0. The molecule has 3 unspecified atom stereocenters. The zero-order valence-electron chi connectivity index (χ0n) is 18.8. The molecule has 2 saturated heterocycles. The minimum Gasteiger partial charge on any atom is -0.387 e. The molecule has 7 heteroatoms. The fourth-order valence-corrected chi connectivity index (χ4v) is 6.15. The molecule has 4 fully saturated rings. The minimum atomic E-state index is -0.307. The molecular formula is C25H35N5O2. The van der Waals surface area contributed by atoms with Crippen molar-refractivity contribution in [2.24, 2.45) is 34.4 Å². The van der Waals surface area contributed by atoms with Crippen LogP contribution in [-0.2, 0) is 9.59 Å². The van der Waals surface area contributed by atoms with Crippen LogP contribution in [0.1, 0.15) is 51.4 Å². The maximum Gasteiger partial charge on any atom is 0.244 e. The minimum absolute atomic E-state index is 0.0604. The number of allylic oxidation sites excluding steroid dienone is 3. The van der Waals surface area contributed by atoms with Crippen molar-refractivity contribution in [3.8, 4) is 0 Å². The average Bonchev–Trinajstić information content (AvgIpc) is 3.72. The molecule has 7 nitrogen and oxygen atoms in total. The highest BCUT2D eigenvalue weighted by Gasteiger charge is 2.60. The Kier molecular flexibility index (Phi) is 4.93. The lowest BCUT2D eigenvalue weighted by Crippen LogP contribution is -2.45. The van der Waals surface area contributed by atoms with Crippen LogP contribution in [-0.4, -0.2) is 65.3 Å². The molecule has 0 radical (unpaired) electrons. The van der Waals surface area contributed by atoms with Crippen molar-refractivity contribution in [1.82, 2.24) is 15.1 Å². The standard InChI is InChI=1S/C25H35N5O2/c26-21-13-20(7-11-27-21)17-1-3-18(4-2-17)22-28-25(9-10-25)24(32)30(22)15-16-8-12-29(14-16)23(31)19-5-6-19/h1-3,16,18-20,22,28H,4-15H2,(H2,26,27)/t16-,18?,20?,22?/m1/s1. The van der Waals surface area contributed by atoms with Gasteiger partial charge in [0.05, 0.1) is 17.5 Å². The Morgan fingerprint density at radius 2 is 2.09 bits per heavy atom. The van der Waals surface area contributed by atoms with Crippen molar-refractivity contribution in [1.29, 1.82) is 0 Å². The Bertz CT molecular complexity index is 900. The van der Waals surface area contributed by atoms with Crippen LogP contribution in [0.3, 0.4) is 0 Å². The summed E-state index contributed by atoms with van der Waals surface area (Å²) in [5.41, 5.74) is 7.04. The Labute approximate surface area is 190 Å². The van der Waals surface area contributed by atoms with Crippen LogP contribution in [0.2, 0.25) is 0 Å². The van der Waals surface area contributed by atoms with Crippen molar-refractivity contribution in [3.63, 3.8) is 0 Å². The van der Waals surface area contributed by atoms with E-state index in [0.29, 0.717) is 23.7 Å². The molecule has 2 amide bonds. The van der Waals surface area contributed by atoms with Crippen LogP contribution in [0.5, 0.6) is 0 Å². The van der Waals surface area contributed by atoms with Crippen LogP contribution in [0.25, 0.3) is 0 Å². The molecule has 0 aromatic carbocycles. The molecule has 3 N–H and O–H groups in total. The number of hydrogen-bond acceptors (Lipinski definition) is 5. The van der Waals surface area contributed by atoms with Crippen molar-refractivity contribution < 1.29 is 9.59 Å². The summed E-state index contributed by atoms with van der Waals surface area (Å²) >= 11 is 0. The molecule has 4 atom stereocenters. The lowest BCUT2D eigenvalue weighted by molar-refractivity contribution is -0.132. The van der Waals surface area contributed by atoms with E-state index in [1.807, 2.05) is 4.90 Å². The second kappa shape index (κ2) is 7.72. The number of amides is 2. The van der Waals surface area contributed by atoms with E-state index in [4.69, 9.17) is 5.73 Å². The summed E-state index contributed by atoms with van der Waals surface area (Å²) in [6, 6.07) is 0. The number of nitrogens with two attached hydrogens (primary N) is 1. The number of carbonyl (C=O) groups is 2. The molecule has 3 heterocycles. The first-order valence-electron chi connectivity index (χ1n) is 12.6. The molecule has 172 valence electrons. The highest BCUT2D eigenvalue weighted by atomic mass is 16.2. The Morgan fingerprint density at radius 1 is 1.25 bits per heavy atom. The number of nitrogens with zero attached hydrogens (tertiary/aromatic N) is 3. The van der Waals surface area contributed by atoms with Crippen molar-refractivity contribution in [2.45, 2.75) is 63.1 Å². The van der Waals surface area contributed by atoms with E-state index in [9.17, 15) is 9.59 Å². The van der Waals surface area contributed by atoms with Gasteiger partial charge < -0.3 is 15.5 Å². The maximum atomic E-state index is 13.3. The quantitative estimate of drug-likeness (QED) is 0.686. The highest BCUT2D eigenvalue weighted by Crippen LogP contribution is 2.45. The first-order chi connectivity index (χ1) is 15.5. The Balaban J connectivity index is 1.12. The van der Waals surface area contributed by atoms with E-state index >= 15 is 0 Å². The number of hydrogen-bond donors (Lipinski definition) is 2. The van der Waals surface area contributed by atoms with Crippen LogP contribution >= 0.6 is 0 Å². The fraction of sp³-hybridized carbons (Fsp3) is 0.720. The summed E-state index contributed by atoms with van der Waals surface area (Å²) in [6.07, 6.45) is 14.9. The monoisotopic (exact) mass is 437 g/mol. The molecular weight excluding hydrogens is 402 g/mol. The molecule has 3 aliphatic heterocycles. The van der Waals surface area contributed by atoms with Crippen molar-refractivity contribution >= 4 is 17.6 Å². The van der Waals surface area contributed by atoms with E-state index in [1.54, 1.807) is 0 Å². The predicted octanol–water partition coefficient (Wildman–Crippen LogP) is 1.81. The second-order valence-electron chi connectivity index (χ2n) is 10.9. The Hall–Kier alpha value is -2.15. The predicted molar refractivity (Wildman–Crippen MR) is 123 cm³/mol. The summed E-state index contributed by atoms with van der Waals surface area (Å²) in [5, 5.41) is 3.72. The van der Waals surface area contributed by atoms with E-state index in [2.05, 4.69) is 33.4 Å². The van der Waals surface area contributed by atoms with Gasteiger partial charge in [0.2, 0.25) is 11.8 Å². The number of aliphatic imine (C=N–C) groups is 1. The first kappa shape index (κ1) is 20.5. The van der Waals surface area contributed by atoms with Gasteiger partial charge in [-0.25, -0.2) is 0 Å². The van der Waals surface area contributed by atoms with Crippen LogP contribution in [0.15, 0.2) is 28.8 Å². The third kappa shape index (κ3) is 3.68. The van der Waals surface area contributed by atoms with E-state index in [-0.39, 0.29) is 23.5 Å². The first-order valence-corrected chi connectivity index (χ1v) is 12.6. The van der Waals surface area contributed by atoms with Gasteiger partial charge >= 0.3 is 0 Å². The molecule has 6 rings (SSSR count). The van der Waals surface area contributed by atoms with Crippen LogP contribution in [0.4, 0.5) is 0 Å². The number of amidine groups is 1.